The number of hydrogen-bond acceptors (Lipinski definition) is 3. The van der Waals surface area contributed by atoms with E-state index in [-0.39, 0.29) is 16.7 Å². The number of rotatable bonds is 10. The van der Waals surface area contributed by atoms with Gasteiger partial charge in [-0.25, -0.2) is 26.3 Å². The summed E-state index contributed by atoms with van der Waals surface area (Å²) in [5, 5.41) is 3.36. The summed E-state index contributed by atoms with van der Waals surface area (Å²) in [5.41, 5.74) is -1.50. The van der Waals surface area contributed by atoms with Gasteiger partial charge in [0.2, 0.25) is 0 Å². The first kappa shape index (κ1) is 31.3. The summed E-state index contributed by atoms with van der Waals surface area (Å²) in [6.45, 7) is 0.990. The lowest BCUT2D eigenvalue weighted by Gasteiger charge is -2.29. The maximum Gasteiger partial charge on any atom is 0.290 e. The van der Waals surface area contributed by atoms with Crippen LogP contribution in [0.4, 0.5) is 35.1 Å². The lowest BCUT2D eigenvalue weighted by atomic mass is 9.86. The Morgan fingerprint density at radius 3 is 2.20 bits per heavy atom. The number of Topliss-reactive ketones (excluding diaryl/α,β-unsaturated/α-hetero) is 1. The number of benzene rings is 2. The first-order valence-electron chi connectivity index (χ1n) is 14.0. The van der Waals surface area contributed by atoms with E-state index >= 15 is 0 Å². The normalized spacial score (nSPS) is 16.1. The highest BCUT2D eigenvalue weighted by Gasteiger charge is 2.55. The molecule has 1 atom stereocenters. The molecule has 4 nitrogen and oxygen atoms in total. The number of alkyl halides is 6. The number of halogens is 8. The zero-order valence-electron chi connectivity index (χ0n) is 23.4. The van der Waals surface area contributed by atoms with Gasteiger partial charge in [-0.1, -0.05) is 37.3 Å². The summed E-state index contributed by atoms with van der Waals surface area (Å²) in [5.74, 6) is -11.3. The van der Waals surface area contributed by atoms with Gasteiger partial charge in [-0.2, -0.15) is 13.9 Å². The van der Waals surface area contributed by atoms with Crippen LogP contribution < -0.4 is 0 Å². The molecule has 2 aromatic heterocycles. The molecule has 0 radical (unpaired) electrons. The van der Waals surface area contributed by atoms with Gasteiger partial charge in [0.05, 0.1) is 11.3 Å². The Balaban J connectivity index is 1.53. The van der Waals surface area contributed by atoms with Gasteiger partial charge in [-0.05, 0) is 47.7 Å². The van der Waals surface area contributed by atoms with E-state index in [0.717, 1.165) is 29.7 Å². The molecule has 12 heteroatoms. The molecule has 4 aromatic rings. The number of carbonyl (C=O) groups excluding carboxylic acids is 1. The average molecular weight is 622 g/mol. The maximum atomic E-state index is 14.9. The fourth-order valence-corrected chi connectivity index (χ4v) is 5.73. The van der Waals surface area contributed by atoms with Crippen LogP contribution in [0.1, 0.15) is 72.3 Å². The van der Waals surface area contributed by atoms with Crippen molar-refractivity contribution in [3.8, 4) is 11.1 Å². The second-order valence-corrected chi connectivity index (χ2v) is 10.9. The van der Waals surface area contributed by atoms with E-state index in [4.69, 9.17) is 0 Å². The summed E-state index contributed by atoms with van der Waals surface area (Å²) in [6, 6.07) is 13.8. The third-order valence-corrected chi connectivity index (χ3v) is 7.75. The van der Waals surface area contributed by atoms with Gasteiger partial charge in [0.25, 0.3) is 18.3 Å². The van der Waals surface area contributed by atoms with Crippen molar-refractivity contribution < 1.29 is 39.9 Å². The number of aryl methyl sites for hydroxylation is 1. The molecular formula is C32H27F8N3O. The lowest BCUT2D eigenvalue weighted by Crippen LogP contribution is -2.33. The molecule has 5 rings (SSSR count). The average Bonchev–Trinajstić information content (AvgIpc) is 3.37. The van der Waals surface area contributed by atoms with Gasteiger partial charge in [0.1, 0.15) is 29.6 Å². The van der Waals surface area contributed by atoms with Crippen molar-refractivity contribution in [3.63, 3.8) is 0 Å². The van der Waals surface area contributed by atoms with Crippen LogP contribution in [0.5, 0.6) is 0 Å². The largest absolute Gasteiger partial charge is 0.298 e. The van der Waals surface area contributed by atoms with Crippen LogP contribution in [-0.2, 0) is 36.0 Å². The first-order valence-corrected chi connectivity index (χ1v) is 14.0. The molecule has 0 fully saturated rings. The fourth-order valence-electron chi connectivity index (χ4n) is 5.73. The summed E-state index contributed by atoms with van der Waals surface area (Å²) in [6.07, 6.45) is -4.54. The van der Waals surface area contributed by atoms with E-state index in [1.54, 1.807) is 12.1 Å². The van der Waals surface area contributed by atoms with Crippen LogP contribution >= 0.6 is 0 Å². The Morgan fingerprint density at radius 1 is 0.909 bits per heavy atom. The van der Waals surface area contributed by atoms with Crippen LogP contribution in [0.2, 0.25) is 0 Å². The minimum atomic E-state index is -3.98. The van der Waals surface area contributed by atoms with E-state index in [1.165, 1.54) is 6.20 Å². The van der Waals surface area contributed by atoms with Crippen molar-refractivity contribution >= 4 is 5.78 Å². The molecule has 0 spiro atoms. The lowest BCUT2D eigenvalue weighted by molar-refractivity contribution is -0.121. The highest BCUT2D eigenvalue weighted by molar-refractivity contribution is 5.80. The monoisotopic (exact) mass is 621 g/mol. The molecule has 0 amide bonds. The minimum Gasteiger partial charge on any atom is -0.298 e. The number of nitrogens with zero attached hydrogens (tertiary/aromatic N) is 3. The van der Waals surface area contributed by atoms with Crippen molar-refractivity contribution in [2.45, 2.75) is 69.8 Å². The third-order valence-electron chi connectivity index (χ3n) is 7.75. The number of pyridine rings is 1. The second-order valence-electron chi connectivity index (χ2n) is 10.9. The van der Waals surface area contributed by atoms with Crippen molar-refractivity contribution in [1.82, 2.24) is 14.8 Å². The molecule has 1 aliphatic rings. The van der Waals surface area contributed by atoms with Gasteiger partial charge >= 0.3 is 0 Å². The Kier molecular flexibility index (Phi) is 8.64. The molecule has 0 unspecified atom stereocenters. The molecular weight excluding hydrogens is 594 g/mol. The van der Waals surface area contributed by atoms with E-state index in [1.807, 2.05) is 31.2 Å². The summed E-state index contributed by atoms with van der Waals surface area (Å²) in [4.78, 5) is 17.9. The van der Waals surface area contributed by atoms with Crippen molar-refractivity contribution in [3.05, 3.63) is 106 Å². The molecule has 1 aliphatic carbocycles. The Bertz CT molecular complexity index is 1650. The third kappa shape index (κ3) is 6.39. The van der Waals surface area contributed by atoms with Crippen molar-refractivity contribution in [2.24, 2.45) is 0 Å². The van der Waals surface area contributed by atoms with E-state index in [0.29, 0.717) is 17.3 Å². The van der Waals surface area contributed by atoms with Crippen molar-refractivity contribution in [2.75, 3.05) is 0 Å². The molecule has 0 N–H and O–H groups in total. The number of fused-ring (bicyclic) bond motifs is 1. The van der Waals surface area contributed by atoms with Crippen molar-refractivity contribution in [1.29, 1.82) is 0 Å². The van der Waals surface area contributed by atoms with Crippen LogP contribution in [-0.4, -0.2) is 20.5 Å². The molecule has 0 bridgehead atoms. The summed E-state index contributed by atoms with van der Waals surface area (Å²) in [7, 11) is 0. The van der Waals surface area contributed by atoms with Gasteiger partial charge in [-0.15, -0.1) is 0 Å². The first-order chi connectivity index (χ1) is 20.8. The van der Waals surface area contributed by atoms with Gasteiger partial charge in [-0.3, -0.25) is 14.5 Å². The number of aromatic nitrogens is 3. The number of hydrogen-bond donors (Lipinski definition) is 0. The topological polar surface area (TPSA) is 47.8 Å². The van der Waals surface area contributed by atoms with E-state index in [2.05, 4.69) is 10.1 Å². The van der Waals surface area contributed by atoms with Crippen LogP contribution in [0, 0.1) is 11.6 Å². The molecule has 0 saturated heterocycles. The molecule has 2 aromatic carbocycles. The maximum absolute atomic E-state index is 14.9. The Hall–Kier alpha value is -4.09. The molecule has 232 valence electrons. The smallest absolute Gasteiger partial charge is 0.290 e. The second kappa shape index (κ2) is 12.1. The molecule has 0 aliphatic heterocycles. The zero-order valence-corrected chi connectivity index (χ0v) is 23.4. The van der Waals surface area contributed by atoms with Gasteiger partial charge in [0, 0.05) is 43.0 Å². The standard InChI is InChI=1S/C32H27F8N3O/c1-2-18-5-7-20(8-6-18)25-4-3-11-41-27(25)21(12-19-13-22(33)16-23(34)14-19)15-24(44)17-43-29-26(28(42-43)30(35)36)31(37,38)9-10-32(29,39)40/h3-8,11,13-14,16,21,30H,2,9-10,12,15,17H2,1H3/t21-/m1/s1. The van der Waals surface area contributed by atoms with Crippen LogP contribution in [0.25, 0.3) is 11.1 Å². The SMILES string of the molecule is CCc1ccc(-c2cccnc2[C@@H](CC(=O)Cn2nc(C(F)F)c3c2C(F)(F)CCC3(F)F)Cc2cc(F)cc(F)c2)cc1. The zero-order chi connectivity index (χ0) is 31.8. The predicted octanol–water partition coefficient (Wildman–Crippen LogP) is 8.69. The Labute approximate surface area is 247 Å². The highest BCUT2D eigenvalue weighted by Crippen LogP contribution is 2.52. The van der Waals surface area contributed by atoms with Gasteiger partial charge in [0.15, 0.2) is 5.78 Å². The number of carbonyl (C=O) groups is 1. The molecule has 0 saturated carbocycles. The predicted molar refractivity (Wildman–Crippen MR) is 146 cm³/mol. The van der Waals surface area contributed by atoms with E-state index in [9.17, 15) is 39.9 Å². The van der Waals surface area contributed by atoms with Crippen LogP contribution in [0.3, 0.4) is 0 Å². The van der Waals surface area contributed by atoms with Crippen LogP contribution in [0.15, 0.2) is 60.8 Å². The van der Waals surface area contributed by atoms with Gasteiger partial charge < -0.3 is 0 Å². The highest BCUT2D eigenvalue weighted by atomic mass is 19.3. The quantitative estimate of drug-likeness (QED) is 0.167. The fraction of sp³-hybridized carbons (Fsp3) is 0.344. The summed E-state index contributed by atoms with van der Waals surface area (Å²) >= 11 is 0. The molecule has 44 heavy (non-hydrogen) atoms. The summed E-state index contributed by atoms with van der Waals surface area (Å²) < 4.78 is 115. The van der Waals surface area contributed by atoms with E-state index < -0.39 is 84.4 Å². The number of ketones is 1. The molecule has 2 heterocycles. The Morgan fingerprint density at radius 2 is 1.57 bits per heavy atom. The minimum absolute atomic E-state index is 0.106.